The molecule has 0 bridgehead atoms. The molecule has 0 fully saturated rings. The first kappa shape index (κ1) is 27.3. The van der Waals surface area contributed by atoms with Gasteiger partial charge in [0.25, 0.3) is 0 Å². The Kier molecular flexibility index (Phi) is 10.2. The summed E-state index contributed by atoms with van der Waals surface area (Å²) in [6.45, 7) is 6.85. The zero-order chi connectivity index (χ0) is 24.7. The number of carbonyl (C=O) groups is 1. The first-order valence-corrected chi connectivity index (χ1v) is 20.8. The van der Waals surface area contributed by atoms with Crippen molar-refractivity contribution >= 4 is 56.7 Å². The van der Waals surface area contributed by atoms with E-state index in [0.717, 1.165) is 22.6 Å². The molecule has 3 rings (SSSR count). The summed E-state index contributed by atoms with van der Waals surface area (Å²) >= 11 is 10.1. The van der Waals surface area contributed by atoms with Crippen molar-refractivity contribution in [1.82, 2.24) is 9.38 Å². The Hall–Kier alpha value is -1.24. The van der Waals surface area contributed by atoms with Crippen LogP contribution in [0.4, 0.5) is 0 Å². The average Bonchev–Trinajstić information content (AvgIpc) is 3.19. The number of amides is 1. The standard InChI is InChI=1S/C15H10Cl2N3O.3C4H9.Sn/c16-10-6-4-9(5-7-10)15-11(8-13(18)21)20-12(17)2-1-3-14(20)19-15;3*1-3-4-2;/h1-2,4-7H,8H2,(H2,18,21);3*1,3-4H2,2H3;. The van der Waals surface area contributed by atoms with Crippen LogP contribution in [0.5, 0.6) is 0 Å². The number of hydrogen-bond acceptors (Lipinski definition) is 2. The average molecular weight is 609 g/mol. The van der Waals surface area contributed by atoms with Gasteiger partial charge in [-0.05, 0) is 0 Å². The zero-order valence-corrected chi connectivity index (χ0v) is 25.0. The molecule has 0 aliphatic heterocycles. The summed E-state index contributed by atoms with van der Waals surface area (Å²) in [6.07, 6.45) is 7.49. The fourth-order valence-electron chi connectivity index (χ4n) is 5.07. The van der Waals surface area contributed by atoms with Crippen LogP contribution in [-0.4, -0.2) is 33.7 Å². The number of nitrogens with zero attached hydrogens (tertiary/aromatic N) is 2. The van der Waals surface area contributed by atoms with Crippen LogP contribution >= 0.6 is 23.2 Å². The van der Waals surface area contributed by atoms with Crippen molar-refractivity contribution in [3.63, 3.8) is 0 Å². The summed E-state index contributed by atoms with van der Waals surface area (Å²) in [6, 6.07) is 11.9. The number of rotatable bonds is 13. The van der Waals surface area contributed by atoms with Gasteiger partial charge in [-0.1, -0.05) is 0 Å². The Morgan fingerprint density at radius 1 is 0.912 bits per heavy atom. The molecule has 0 aliphatic rings. The van der Waals surface area contributed by atoms with Crippen molar-refractivity contribution in [2.75, 3.05) is 0 Å². The second kappa shape index (κ2) is 12.6. The molecule has 7 heteroatoms. The van der Waals surface area contributed by atoms with E-state index in [1.807, 2.05) is 34.7 Å². The van der Waals surface area contributed by atoms with Crippen molar-refractivity contribution < 1.29 is 4.79 Å². The van der Waals surface area contributed by atoms with Crippen molar-refractivity contribution in [1.29, 1.82) is 0 Å². The van der Waals surface area contributed by atoms with E-state index in [1.165, 1.54) is 55.4 Å². The Balaban J connectivity index is 2.32. The van der Waals surface area contributed by atoms with E-state index >= 15 is 0 Å². The monoisotopic (exact) mass is 609 g/mol. The van der Waals surface area contributed by atoms with E-state index in [0.29, 0.717) is 10.2 Å². The number of nitrogens with two attached hydrogens (primary N) is 1. The molecule has 1 amide bonds. The van der Waals surface area contributed by atoms with Gasteiger partial charge in [0.05, 0.1) is 0 Å². The van der Waals surface area contributed by atoms with Crippen LogP contribution < -0.4 is 9.31 Å². The van der Waals surface area contributed by atoms with Crippen LogP contribution in [0.25, 0.3) is 16.9 Å². The molecular formula is C27H37Cl2N3OSn. The molecule has 184 valence electrons. The number of halogens is 2. The number of imidazole rings is 1. The molecule has 0 atom stereocenters. The molecule has 0 saturated heterocycles. The normalized spacial score (nSPS) is 11.9. The van der Waals surface area contributed by atoms with Gasteiger partial charge in [-0.3, -0.25) is 0 Å². The van der Waals surface area contributed by atoms with Crippen LogP contribution in [0, 0.1) is 0 Å². The van der Waals surface area contributed by atoms with E-state index in [4.69, 9.17) is 33.9 Å². The first-order valence-electron chi connectivity index (χ1n) is 12.6. The van der Waals surface area contributed by atoms with E-state index in [2.05, 4.69) is 26.8 Å². The SMILES string of the molecule is CCC[CH2][Sn]([CH2]CCC)([CH2]CCC)[c]1ccc(Cl)n2c(CC(N)=O)c(-c3ccc(Cl)cc3)nc12. The van der Waals surface area contributed by atoms with Gasteiger partial charge in [-0.2, -0.15) is 0 Å². The van der Waals surface area contributed by atoms with E-state index in [9.17, 15) is 4.79 Å². The molecule has 2 aromatic heterocycles. The molecule has 2 heterocycles. The van der Waals surface area contributed by atoms with Crippen LogP contribution in [0.15, 0.2) is 36.4 Å². The maximum atomic E-state index is 12.1. The van der Waals surface area contributed by atoms with Crippen molar-refractivity contribution in [2.24, 2.45) is 5.73 Å². The molecule has 2 N–H and O–H groups in total. The molecule has 1 aromatic carbocycles. The van der Waals surface area contributed by atoms with Crippen LogP contribution in [0.1, 0.15) is 65.0 Å². The molecule has 0 saturated carbocycles. The summed E-state index contributed by atoms with van der Waals surface area (Å²) in [4.78, 5) is 17.3. The molecule has 0 aliphatic carbocycles. The number of primary amides is 1. The Bertz CT molecular complexity index is 1090. The molecule has 34 heavy (non-hydrogen) atoms. The Morgan fingerprint density at radius 2 is 1.47 bits per heavy atom. The van der Waals surface area contributed by atoms with Gasteiger partial charge in [0.2, 0.25) is 0 Å². The van der Waals surface area contributed by atoms with Crippen LogP contribution in [0.3, 0.4) is 0 Å². The Morgan fingerprint density at radius 3 is 1.97 bits per heavy atom. The summed E-state index contributed by atoms with van der Waals surface area (Å²) in [5.74, 6) is -0.392. The van der Waals surface area contributed by atoms with Crippen molar-refractivity contribution in [3.8, 4) is 11.3 Å². The molecule has 0 unspecified atom stereocenters. The third kappa shape index (κ3) is 6.11. The van der Waals surface area contributed by atoms with Crippen molar-refractivity contribution in [3.05, 3.63) is 52.3 Å². The first-order chi connectivity index (χ1) is 16.4. The van der Waals surface area contributed by atoms with E-state index in [-0.39, 0.29) is 6.42 Å². The summed E-state index contributed by atoms with van der Waals surface area (Å²) in [5.41, 5.74) is 9.08. The number of benzene rings is 1. The summed E-state index contributed by atoms with van der Waals surface area (Å²) in [5, 5.41) is 1.24. The van der Waals surface area contributed by atoms with Gasteiger partial charge in [0.1, 0.15) is 0 Å². The van der Waals surface area contributed by atoms with Crippen LogP contribution in [-0.2, 0) is 11.2 Å². The molecule has 0 radical (unpaired) electrons. The predicted octanol–water partition coefficient (Wildman–Crippen LogP) is 7.39. The second-order valence-corrected chi connectivity index (χ2v) is 23.3. The fraction of sp³-hybridized carbons (Fsp3) is 0.481. The Labute approximate surface area is 218 Å². The van der Waals surface area contributed by atoms with Gasteiger partial charge in [0.15, 0.2) is 0 Å². The third-order valence-electron chi connectivity index (χ3n) is 6.87. The third-order valence-corrected chi connectivity index (χ3v) is 23.0. The predicted molar refractivity (Wildman–Crippen MR) is 148 cm³/mol. The maximum absolute atomic E-state index is 12.1. The second-order valence-electron chi connectivity index (χ2n) is 9.38. The van der Waals surface area contributed by atoms with Crippen LogP contribution in [0.2, 0.25) is 23.5 Å². The van der Waals surface area contributed by atoms with Crippen molar-refractivity contribution in [2.45, 2.75) is 79.0 Å². The number of aromatic nitrogens is 2. The molecular weight excluding hydrogens is 572 g/mol. The van der Waals surface area contributed by atoms with E-state index < -0.39 is 24.3 Å². The zero-order valence-electron chi connectivity index (χ0n) is 20.7. The minimum absolute atomic E-state index is 0.0870. The number of unbranched alkanes of at least 4 members (excludes halogenated alkanes) is 3. The fourth-order valence-corrected chi connectivity index (χ4v) is 21.8. The number of hydrogen-bond donors (Lipinski definition) is 1. The van der Waals surface area contributed by atoms with Gasteiger partial charge in [0, 0.05) is 0 Å². The topological polar surface area (TPSA) is 60.4 Å². The summed E-state index contributed by atoms with van der Waals surface area (Å²) in [7, 11) is 0. The van der Waals surface area contributed by atoms with Gasteiger partial charge in [-0.15, -0.1) is 0 Å². The number of pyridine rings is 1. The minimum atomic E-state index is -2.83. The van der Waals surface area contributed by atoms with Gasteiger partial charge < -0.3 is 0 Å². The molecule has 4 nitrogen and oxygen atoms in total. The molecule has 3 aromatic rings. The molecule has 0 spiro atoms. The van der Waals surface area contributed by atoms with E-state index in [1.54, 1.807) is 0 Å². The summed E-state index contributed by atoms with van der Waals surface area (Å²) < 4.78 is 7.44. The number of fused-ring (bicyclic) bond motifs is 1. The van der Waals surface area contributed by atoms with Gasteiger partial charge >= 0.3 is 219 Å². The quantitative estimate of drug-likeness (QED) is 0.162. The number of carbonyl (C=O) groups excluding carboxylic acids is 1. The van der Waals surface area contributed by atoms with Gasteiger partial charge in [-0.25, -0.2) is 0 Å².